The number of nitrogens with one attached hydrogen (secondary N) is 1. The van der Waals surface area contributed by atoms with Crippen LogP contribution in [0, 0.1) is 0 Å². The highest BCUT2D eigenvalue weighted by atomic mass is 35.5. The lowest BCUT2D eigenvalue weighted by molar-refractivity contribution is 0.308. The molecule has 3 rings (SSSR count). The number of hydrogen-bond acceptors (Lipinski definition) is 4. The van der Waals surface area contributed by atoms with Crippen LogP contribution in [0.25, 0.3) is 21.9 Å². The Morgan fingerprint density at radius 3 is 2.75 bits per heavy atom. The number of halogens is 1. The Hall–Kier alpha value is -2.30. The Balaban J connectivity index is 0.00000208. The molecule has 0 aliphatic rings. The zero-order chi connectivity index (χ0) is 16.1. The van der Waals surface area contributed by atoms with E-state index in [9.17, 15) is 4.79 Å². The van der Waals surface area contributed by atoms with Crippen LogP contribution < -0.4 is 15.5 Å². The number of para-hydroxylation sites is 2. The van der Waals surface area contributed by atoms with Gasteiger partial charge in [0.05, 0.1) is 17.4 Å². The van der Waals surface area contributed by atoms with Gasteiger partial charge in [-0.2, -0.15) is 0 Å². The molecule has 0 atom stereocenters. The maximum atomic E-state index is 12.6. The molecule has 0 amide bonds. The molecule has 0 aliphatic carbocycles. The van der Waals surface area contributed by atoms with Crippen molar-refractivity contribution in [3.63, 3.8) is 0 Å². The zero-order valence-corrected chi connectivity index (χ0v) is 14.1. The average Bonchev–Trinajstić information content (AvgIpc) is 2.59. The third-order valence-electron chi connectivity index (χ3n) is 3.61. The second-order valence-electron chi connectivity index (χ2n) is 5.25. The third kappa shape index (κ3) is 3.78. The fourth-order valence-corrected chi connectivity index (χ4v) is 2.50. The van der Waals surface area contributed by atoms with E-state index in [1.807, 2.05) is 30.3 Å². The molecule has 0 saturated carbocycles. The van der Waals surface area contributed by atoms with Crippen molar-refractivity contribution in [3.8, 4) is 5.75 Å². The van der Waals surface area contributed by atoms with E-state index < -0.39 is 0 Å². The van der Waals surface area contributed by atoms with Gasteiger partial charge >= 0.3 is 0 Å². The lowest BCUT2D eigenvalue weighted by Gasteiger charge is -2.09. The zero-order valence-electron chi connectivity index (χ0n) is 13.3. The number of hydrogen-bond donors (Lipinski definition) is 1. The van der Waals surface area contributed by atoms with Crippen LogP contribution in [-0.2, 0) is 0 Å². The molecule has 5 heteroatoms. The SMILES string of the molecule is C=CCNCCCOc1cccc2c(=O)c3ccccc3oc12.Cl. The minimum Gasteiger partial charge on any atom is -0.490 e. The van der Waals surface area contributed by atoms with Crippen LogP contribution in [0.2, 0.25) is 0 Å². The molecule has 24 heavy (non-hydrogen) atoms. The highest BCUT2D eigenvalue weighted by molar-refractivity contribution is 5.92. The molecule has 1 heterocycles. The minimum atomic E-state index is -0.0278. The molecule has 3 aromatic rings. The van der Waals surface area contributed by atoms with Gasteiger partial charge in [0, 0.05) is 6.54 Å². The molecule has 0 fully saturated rings. The molecule has 0 unspecified atom stereocenters. The molecule has 0 spiro atoms. The van der Waals surface area contributed by atoms with Crippen molar-refractivity contribution >= 4 is 34.3 Å². The van der Waals surface area contributed by atoms with E-state index in [4.69, 9.17) is 9.15 Å². The Bertz CT molecular complexity index is 889. The van der Waals surface area contributed by atoms with Crippen molar-refractivity contribution < 1.29 is 9.15 Å². The van der Waals surface area contributed by atoms with Gasteiger partial charge in [0.15, 0.2) is 11.3 Å². The number of benzene rings is 2. The fourth-order valence-electron chi connectivity index (χ4n) is 2.50. The van der Waals surface area contributed by atoms with Crippen LogP contribution in [0.3, 0.4) is 0 Å². The summed E-state index contributed by atoms with van der Waals surface area (Å²) in [5.74, 6) is 0.606. The van der Waals surface area contributed by atoms with E-state index in [0.29, 0.717) is 34.3 Å². The predicted molar refractivity (Wildman–Crippen MR) is 100 cm³/mol. The van der Waals surface area contributed by atoms with Crippen molar-refractivity contribution in [1.29, 1.82) is 0 Å². The van der Waals surface area contributed by atoms with Gasteiger partial charge in [-0.25, -0.2) is 0 Å². The lowest BCUT2D eigenvalue weighted by Crippen LogP contribution is -2.17. The second-order valence-corrected chi connectivity index (χ2v) is 5.25. The van der Waals surface area contributed by atoms with Gasteiger partial charge in [0.25, 0.3) is 0 Å². The molecule has 0 bridgehead atoms. The van der Waals surface area contributed by atoms with Gasteiger partial charge in [-0.3, -0.25) is 4.79 Å². The fraction of sp³-hybridized carbons (Fsp3) is 0.211. The van der Waals surface area contributed by atoms with Crippen LogP contribution in [0.15, 0.2) is 64.3 Å². The summed E-state index contributed by atoms with van der Waals surface area (Å²) in [6, 6.07) is 12.7. The molecule has 0 radical (unpaired) electrons. The summed E-state index contributed by atoms with van der Waals surface area (Å²) in [5.41, 5.74) is 1.06. The number of rotatable bonds is 7. The van der Waals surface area contributed by atoms with Gasteiger partial charge in [0.1, 0.15) is 5.58 Å². The summed E-state index contributed by atoms with van der Waals surface area (Å²) < 4.78 is 11.7. The summed E-state index contributed by atoms with van der Waals surface area (Å²) in [6.07, 6.45) is 2.69. The van der Waals surface area contributed by atoms with Crippen molar-refractivity contribution in [2.45, 2.75) is 6.42 Å². The molecular weight excluding hydrogens is 326 g/mol. The van der Waals surface area contributed by atoms with Crippen LogP contribution in [-0.4, -0.2) is 19.7 Å². The van der Waals surface area contributed by atoms with Crippen LogP contribution in [0.1, 0.15) is 6.42 Å². The molecule has 126 valence electrons. The maximum Gasteiger partial charge on any atom is 0.200 e. The van der Waals surface area contributed by atoms with Crippen LogP contribution >= 0.6 is 12.4 Å². The summed E-state index contributed by atoms with van der Waals surface area (Å²) in [4.78, 5) is 12.6. The molecule has 0 aliphatic heterocycles. The largest absolute Gasteiger partial charge is 0.490 e. The van der Waals surface area contributed by atoms with Gasteiger partial charge < -0.3 is 14.5 Å². The Kier molecular flexibility index (Phi) is 6.41. The topological polar surface area (TPSA) is 51.5 Å². The van der Waals surface area contributed by atoms with Crippen molar-refractivity contribution in [2.75, 3.05) is 19.7 Å². The summed E-state index contributed by atoms with van der Waals surface area (Å²) in [6.45, 7) is 5.85. The third-order valence-corrected chi connectivity index (χ3v) is 3.61. The standard InChI is InChI=1S/C19H19NO3.ClH/c1-2-11-20-12-6-13-22-17-10-5-8-15-18(21)14-7-3-4-9-16(14)23-19(15)17;/h2-5,7-10,20H,1,6,11-13H2;1H. The Labute approximate surface area is 146 Å². The first-order valence-corrected chi connectivity index (χ1v) is 7.70. The highest BCUT2D eigenvalue weighted by Gasteiger charge is 2.11. The van der Waals surface area contributed by atoms with Gasteiger partial charge in [-0.1, -0.05) is 24.3 Å². The molecule has 4 nitrogen and oxygen atoms in total. The minimum absolute atomic E-state index is 0. The number of ether oxygens (including phenoxy) is 1. The normalized spacial score (nSPS) is 10.5. The first-order chi connectivity index (χ1) is 11.3. The van der Waals surface area contributed by atoms with E-state index in [1.165, 1.54) is 0 Å². The second kappa shape index (κ2) is 8.52. The first-order valence-electron chi connectivity index (χ1n) is 7.70. The average molecular weight is 346 g/mol. The molecule has 1 aromatic heterocycles. The van der Waals surface area contributed by atoms with E-state index in [-0.39, 0.29) is 17.8 Å². The van der Waals surface area contributed by atoms with Crippen molar-refractivity contribution in [1.82, 2.24) is 5.32 Å². The number of fused-ring (bicyclic) bond motifs is 2. The maximum absolute atomic E-state index is 12.6. The lowest BCUT2D eigenvalue weighted by atomic mass is 10.1. The van der Waals surface area contributed by atoms with E-state index in [2.05, 4.69) is 11.9 Å². The van der Waals surface area contributed by atoms with E-state index in [0.717, 1.165) is 19.5 Å². The van der Waals surface area contributed by atoms with Gasteiger partial charge in [-0.05, 0) is 37.2 Å². The predicted octanol–water partition coefficient (Wildman–Crippen LogP) is 3.91. The van der Waals surface area contributed by atoms with E-state index in [1.54, 1.807) is 18.2 Å². The smallest absolute Gasteiger partial charge is 0.200 e. The highest BCUT2D eigenvalue weighted by Crippen LogP contribution is 2.27. The van der Waals surface area contributed by atoms with Crippen LogP contribution in [0.4, 0.5) is 0 Å². The monoisotopic (exact) mass is 345 g/mol. The molecule has 2 aromatic carbocycles. The Morgan fingerprint density at radius 2 is 1.92 bits per heavy atom. The van der Waals surface area contributed by atoms with Crippen molar-refractivity contribution in [2.24, 2.45) is 0 Å². The summed E-state index contributed by atoms with van der Waals surface area (Å²) in [5, 5.41) is 4.36. The van der Waals surface area contributed by atoms with E-state index >= 15 is 0 Å². The van der Waals surface area contributed by atoms with Gasteiger partial charge in [-0.15, -0.1) is 19.0 Å². The van der Waals surface area contributed by atoms with Crippen LogP contribution in [0.5, 0.6) is 5.75 Å². The molecule has 1 N–H and O–H groups in total. The molecule has 0 saturated heterocycles. The van der Waals surface area contributed by atoms with Gasteiger partial charge in [0.2, 0.25) is 5.43 Å². The molecular formula is C19H20ClNO3. The summed E-state index contributed by atoms with van der Waals surface area (Å²) in [7, 11) is 0. The quantitative estimate of drug-likeness (QED) is 0.400. The Morgan fingerprint density at radius 1 is 1.12 bits per heavy atom. The first kappa shape index (κ1) is 18.0. The summed E-state index contributed by atoms with van der Waals surface area (Å²) >= 11 is 0. The van der Waals surface area contributed by atoms with Crippen molar-refractivity contribution in [3.05, 3.63) is 65.3 Å².